The Kier molecular flexibility index (Phi) is 4.97. The number of benzene rings is 1. The van der Waals surface area contributed by atoms with Crippen molar-refractivity contribution in [1.29, 1.82) is 0 Å². The Morgan fingerprint density at radius 2 is 1.89 bits per heavy atom. The lowest BCUT2D eigenvalue weighted by molar-refractivity contribution is -0.133. The van der Waals surface area contributed by atoms with Gasteiger partial charge in [-0.1, -0.05) is 24.3 Å². The van der Waals surface area contributed by atoms with Crippen molar-refractivity contribution in [1.82, 2.24) is 14.5 Å². The summed E-state index contributed by atoms with van der Waals surface area (Å²) in [5, 5.41) is 0. The van der Waals surface area contributed by atoms with Crippen molar-refractivity contribution < 1.29 is 4.79 Å². The highest BCUT2D eigenvalue weighted by molar-refractivity contribution is 5.76. The first-order valence-corrected chi connectivity index (χ1v) is 9.73. The zero-order valence-electron chi connectivity index (χ0n) is 15.8. The monoisotopic (exact) mass is 366 g/mol. The van der Waals surface area contributed by atoms with Gasteiger partial charge in [0.05, 0.1) is 0 Å². The van der Waals surface area contributed by atoms with Crippen LogP contribution in [0.25, 0.3) is 0 Å². The van der Waals surface area contributed by atoms with E-state index in [0.717, 1.165) is 45.4 Å². The summed E-state index contributed by atoms with van der Waals surface area (Å²) in [5.74, 6) is 1.17. The Morgan fingerprint density at radius 3 is 2.67 bits per heavy atom. The minimum atomic E-state index is -0.0565. The molecule has 0 N–H and O–H groups in total. The number of piperidine rings is 1. The first-order valence-electron chi connectivity index (χ1n) is 9.73. The molecule has 6 nitrogen and oxygen atoms in total. The molecule has 2 aromatic rings. The molecule has 1 aromatic carbocycles. The van der Waals surface area contributed by atoms with Crippen LogP contribution in [0.5, 0.6) is 0 Å². The maximum Gasteiger partial charge on any atom is 0.293 e. The molecule has 4 rings (SSSR count). The molecule has 1 amide bonds. The van der Waals surface area contributed by atoms with E-state index >= 15 is 0 Å². The van der Waals surface area contributed by atoms with Crippen molar-refractivity contribution in [3.63, 3.8) is 0 Å². The van der Waals surface area contributed by atoms with Gasteiger partial charge in [0.2, 0.25) is 5.91 Å². The van der Waals surface area contributed by atoms with Gasteiger partial charge in [0, 0.05) is 52.0 Å². The zero-order chi connectivity index (χ0) is 18.8. The summed E-state index contributed by atoms with van der Waals surface area (Å²) in [7, 11) is 1.75. The standard InChI is InChI=1S/C21H26N4O2/c1-23-13-9-22-20(21(23)27)24-10-6-16(7-11-24)14-19(26)25-12-8-17-4-2-3-5-18(17)15-25/h2-5,9,13,16H,6-8,10-12,14-15H2,1H3. The second-order valence-electron chi connectivity index (χ2n) is 7.64. The molecule has 3 heterocycles. The predicted molar refractivity (Wildman–Crippen MR) is 105 cm³/mol. The van der Waals surface area contributed by atoms with Crippen molar-refractivity contribution in [3.05, 3.63) is 58.1 Å². The maximum atomic E-state index is 12.8. The number of amides is 1. The van der Waals surface area contributed by atoms with E-state index in [1.165, 1.54) is 11.1 Å². The van der Waals surface area contributed by atoms with Gasteiger partial charge in [-0.25, -0.2) is 4.98 Å². The summed E-state index contributed by atoms with van der Waals surface area (Å²) in [6.07, 6.45) is 6.75. The molecule has 6 heteroatoms. The fourth-order valence-electron chi connectivity index (χ4n) is 4.14. The van der Waals surface area contributed by atoms with Crippen LogP contribution in [-0.2, 0) is 24.8 Å². The average Bonchev–Trinajstić information content (AvgIpc) is 2.70. The number of carbonyl (C=O) groups is 1. The summed E-state index contributed by atoms with van der Waals surface area (Å²) >= 11 is 0. The molecular formula is C21H26N4O2. The van der Waals surface area contributed by atoms with Gasteiger partial charge in [-0.15, -0.1) is 0 Å². The molecule has 0 aliphatic carbocycles. The number of aryl methyl sites for hydroxylation is 1. The van der Waals surface area contributed by atoms with Gasteiger partial charge in [0.15, 0.2) is 5.82 Å². The van der Waals surface area contributed by atoms with Gasteiger partial charge in [0.1, 0.15) is 0 Å². The molecule has 0 radical (unpaired) electrons. The molecule has 142 valence electrons. The molecule has 0 bridgehead atoms. The number of hydrogen-bond donors (Lipinski definition) is 0. The summed E-state index contributed by atoms with van der Waals surface area (Å²) in [4.78, 5) is 33.3. The molecular weight excluding hydrogens is 340 g/mol. The van der Waals surface area contributed by atoms with Crippen LogP contribution in [-0.4, -0.2) is 40.0 Å². The van der Waals surface area contributed by atoms with Crippen LogP contribution in [0.15, 0.2) is 41.5 Å². The molecule has 0 spiro atoms. The van der Waals surface area contributed by atoms with Crippen molar-refractivity contribution in [2.75, 3.05) is 24.5 Å². The van der Waals surface area contributed by atoms with E-state index in [0.29, 0.717) is 18.2 Å². The highest BCUT2D eigenvalue weighted by Gasteiger charge is 2.27. The third-order valence-electron chi connectivity index (χ3n) is 5.86. The van der Waals surface area contributed by atoms with Gasteiger partial charge in [-0.3, -0.25) is 9.59 Å². The van der Waals surface area contributed by atoms with Crippen molar-refractivity contribution in [3.8, 4) is 0 Å². The fourth-order valence-corrected chi connectivity index (χ4v) is 4.14. The van der Waals surface area contributed by atoms with E-state index < -0.39 is 0 Å². The van der Waals surface area contributed by atoms with E-state index in [2.05, 4.69) is 28.1 Å². The normalized spacial score (nSPS) is 17.7. The number of aromatic nitrogens is 2. The van der Waals surface area contributed by atoms with Gasteiger partial charge in [-0.05, 0) is 36.3 Å². The number of rotatable bonds is 3. The summed E-state index contributed by atoms with van der Waals surface area (Å²) in [6.45, 7) is 3.12. The minimum Gasteiger partial charge on any atom is -0.352 e. The summed E-state index contributed by atoms with van der Waals surface area (Å²) < 4.78 is 1.56. The SMILES string of the molecule is Cn1ccnc(N2CCC(CC(=O)N3CCc4ccccc4C3)CC2)c1=O. The lowest BCUT2D eigenvalue weighted by atomic mass is 9.92. The first-order chi connectivity index (χ1) is 13.1. The van der Waals surface area contributed by atoms with Gasteiger partial charge in [0.25, 0.3) is 5.56 Å². The van der Waals surface area contributed by atoms with Crippen LogP contribution in [0, 0.1) is 5.92 Å². The molecule has 2 aliphatic heterocycles. The van der Waals surface area contributed by atoms with E-state index in [-0.39, 0.29) is 11.5 Å². The van der Waals surface area contributed by atoms with Crippen LogP contribution in [0.3, 0.4) is 0 Å². The smallest absolute Gasteiger partial charge is 0.293 e. The molecule has 0 saturated carbocycles. The topological polar surface area (TPSA) is 58.4 Å². The van der Waals surface area contributed by atoms with E-state index in [4.69, 9.17) is 0 Å². The van der Waals surface area contributed by atoms with Crippen molar-refractivity contribution in [2.45, 2.75) is 32.2 Å². The lowest BCUT2D eigenvalue weighted by Crippen LogP contribution is -2.41. The van der Waals surface area contributed by atoms with Crippen LogP contribution in [0.1, 0.15) is 30.4 Å². The van der Waals surface area contributed by atoms with E-state index in [1.807, 2.05) is 11.0 Å². The molecule has 27 heavy (non-hydrogen) atoms. The van der Waals surface area contributed by atoms with Gasteiger partial charge >= 0.3 is 0 Å². The fraction of sp³-hybridized carbons (Fsp3) is 0.476. The Balaban J connectivity index is 1.32. The largest absolute Gasteiger partial charge is 0.352 e. The van der Waals surface area contributed by atoms with Crippen LogP contribution < -0.4 is 10.5 Å². The predicted octanol–water partition coefficient (Wildman–Crippen LogP) is 1.97. The van der Waals surface area contributed by atoms with E-state index in [9.17, 15) is 9.59 Å². The van der Waals surface area contributed by atoms with Crippen molar-refractivity contribution >= 4 is 11.7 Å². The maximum absolute atomic E-state index is 12.8. The molecule has 1 fully saturated rings. The number of carbonyl (C=O) groups excluding carboxylic acids is 1. The zero-order valence-corrected chi connectivity index (χ0v) is 15.8. The molecule has 2 aliphatic rings. The van der Waals surface area contributed by atoms with Crippen LogP contribution >= 0.6 is 0 Å². The van der Waals surface area contributed by atoms with E-state index in [1.54, 1.807) is 24.0 Å². The molecule has 0 unspecified atom stereocenters. The Labute approximate surface area is 159 Å². The number of anilines is 1. The average molecular weight is 366 g/mol. The quantitative estimate of drug-likeness (QED) is 0.833. The second kappa shape index (κ2) is 7.55. The highest BCUT2D eigenvalue weighted by Crippen LogP contribution is 2.25. The molecule has 1 aromatic heterocycles. The first kappa shape index (κ1) is 17.8. The highest BCUT2D eigenvalue weighted by atomic mass is 16.2. The van der Waals surface area contributed by atoms with Crippen LogP contribution in [0.2, 0.25) is 0 Å². The molecule has 1 saturated heterocycles. The Bertz CT molecular complexity index is 884. The summed E-state index contributed by atoms with van der Waals surface area (Å²) in [5.41, 5.74) is 2.59. The van der Waals surface area contributed by atoms with Crippen molar-refractivity contribution in [2.24, 2.45) is 13.0 Å². The third kappa shape index (κ3) is 3.75. The number of nitrogens with zero attached hydrogens (tertiary/aromatic N) is 4. The van der Waals surface area contributed by atoms with Crippen LogP contribution in [0.4, 0.5) is 5.82 Å². The Hall–Kier alpha value is -2.63. The third-order valence-corrected chi connectivity index (χ3v) is 5.86. The number of hydrogen-bond acceptors (Lipinski definition) is 4. The van der Waals surface area contributed by atoms with Gasteiger partial charge < -0.3 is 14.4 Å². The Morgan fingerprint density at radius 1 is 1.15 bits per heavy atom. The second-order valence-corrected chi connectivity index (χ2v) is 7.64. The summed E-state index contributed by atoms with van der Waals surface area (Å²) in [6, 6.07) is 8.40. The lowest BCUT2D eigenvalue weighted by Gasteiger charge is -2.34. The molecule has 0 atom stereocenters. The minimum absolute atomic E-state index is 0.0565. The van der Waals surface area contributed by atoms with Gasteiger partial charge in [-0.2, -0.15) is 0 Å². The number of fused-ring (bicyclic) bond motifs is 1.